The Bertz CT molecular complexity index is 107. The van der Waals surface area contributed by atoms with E-state index in [1.54, 1.807) is 7.05 Å². The average molecular weight is 160 g/mol. The van der Waals surface area contributed by atoms with Crippen LogP contribution in [0.1, 0.15) is 25.7 Å². The van der Waals surface area contributed by atoms with Crippen LogP contribution in [0.4, 0.5) is 0 Å². The first kappa shape index (κ1) is 10.4. The van der Waals surface area contributed by atoms with Crippen molar-refractivity contribution in [1.82, 2.24) is 5.48 Å². The van der Waals surface area contributed by atoms with E-state index in [1.807, 2.05) is 0 Å². The quantitative estimate of drug-likeness (QED) is 0.430. The molecule has 4 heteroatoms. The summed E-state index contributed by atoms with van der Waals surface area (Å²) in [6.45, 7) is 0.696. The fourth-order valence-corrected chi connectivity index (χ4v) is 0.755. The van der Waals surface area contributed by atoms with Crippen LogP contribution in [0.15, 0.2) is 0 Å². The van der Waals surface area contributed by atoms with Crippen LogP contribution in [0, 0.1) is 0 Å². The van der Waals surface area contributed by atoms with Gasteiger partial charge in [0.15, 0.2) is 0 Å². The largest absolute Gasteiger partial charge is 0.371 e. The van der Waals surface area contributed by atoms with Crippen molar-refractivity contribution in [1.29, 1.82) is 0 Å². The van der Waals surface area contributed by atoms with Crippen LogP contribution in [0.2, 0.25) is 0 Å². The van der Waals surface area contributed by atoms with Gasteiger partial charge in [-0.3, -0.25) is 4.79 Å². The van der Waals surface area contributed by atoms with E-state index in [-0.39, 0.29) is 5.97 Å². The van der Waals surface area contributed by atoms with Gasteiger partial charge in [-0.05, 0) is 19.4 Å². The Morgan fingerprint density at radius 3 is 2.73 bits per heavy atom. The fraction of sp³-hybridized carbons (Fsp3) is 0.857. The molecule has 0 radical (unpaired) electrons. The van der Waals surface area contributed by atoms with Crippen LogP contribution >= 0.6 is 0 Å². The van der Waals surface area contributed by atoms with Crippen LogP contribution in [0.25, 0.3) is 0 Å². The van der Waals surface area contributed by atoms with Gasteiger partial charge in [0, 0.05) is 13.5 Å². The summed E-state index contributed by atoms with van der Waals surface area (Å²) >= 11 is 0. The molecule has 0 heterocycles. The first-order chi connectivity index (χ1) is 5.31. The molecule has 0 aliphatic heterocycles. The molecule has 0 atom stereocenters. The molecule has 0 rings (SSSR count). The summed E-state index contributed by atoms with van der Waals surface area (Å²) < 4.78 is 0. The summed E-state index contributed by atoms with van der Waals surface area (Å²) in [5, 5.41) is 0. The Morgan fingerprint density at radius 1 is 1.45 bits per heavy atom. The number of carbonyl (C=O) groups excluding carboxylic acids is 1. The van der Waals surface area contributed by atoms with Gasteiger partial charge in [0.1, 0.15) is 0 Å². The predicted molar refractivity (Wildman–Crippen MR) is 42.7 cm³/mol. The highest BCUT2D eigenvalue weighted by atomic mass is 16.7. The first-order valence-corrected chi connectivity index (χ1v) is 3.87. The Balaban J connectivity index is 3.04. The molecule has 66 valence electrons. The van der Waals surface area contributed by atoms with Gasteiger partial charge >= 0.3 is 5.97 Å². The SMILES string of the molecule is CNOC(=O)CCCCCN. The predicted octanol–water partition coefficient (Wildman–Crippen LogP) is 0.183. The van der Waals surface area contributed by atoms with Crippen molar-refractivity contribution in [3.8, 4) is 0 Å². The summed E-state index contributed by atoms with van der Waals surface area (Å²) in [6, 6.07) is 0. The van der Waals surface area contributed by atoms with E-state index >= 15 is 0 Å². The smallest absolute Gasteiger partial charge is 0.324 e. The van der Waals surface area contributed by atoms with Gasteiger partial charge in [0.2, 0.25) is 0 Å². The number of hydrogen-bond donors (Lipinski definition) is 2. The number of rotatable bonds is 6. The lowest BCUT2D eigenvalue weighted by molar-refractivity contribution is -0.150. The molecule has 0 saturated heterocycles. The van der Waals surface area contributed by atoms with E-state index in [1.165, 1.54) is 0 Å². The Kier molecular flexibility index (Phi) is 7.08. The van der Waals surface area contributed by atoms with Gasteiger partial charge in [0.05, 0.1) is 0 Å². The second-order valence-electron chi connectivity index (χ2n) is 2.28. The lowest BCUT2D eigenvalue weighted by Gasteiger charge is -2.00. The van der Waals surface area contributed by atoms with E-state index in [0.717, 1.165) is 19.3 Å². The van der Waals surface area contributed by atoms with E-state index in [0.29, 0.717) is 13.0 Å². The van der Waals surface area contributed by atoms with E-state index in [9.17, 15) is 4.79 Å². The lowest BCUT2D eigenvalue weighted by atomic mass is 10.2. The van der Waals surface area contributed by atoms with Crippen LogP contribution in [-0.4, -0.2) is 19.6 Å². The number of hydrogen-bond acceptors (Lipinski definition) is 4. The highest BCUT2D eigenvalue weighted by Gasteiger charge is 1.99. The maximum absolute atomic E-state index is 10.7. The molecule has 0 unspecified atom stereocenters. The summed E-state index contributed by atoms with van der Waals surface area (Å²) in [7, 11) is 1.57. The van der Waals surface area contributed by atoms with Crippen molar-refractivity contribution in [2.75, 3.05) is 13.6 Å². The zero-order valence-corrected chi connectivity index (χ0v) is 6.93. The maximum atomic E-state index is 10.7. The minimum absolute atomic E-state index is 0.204. The molecule has 0 aliphatic carbocycles. The monoisotopic (exact) mass is 160 g/mol. The van der Waals surface area contributed by atoms with Crippen molar-refractivity contribution >= 4 is 5.97 Å². The van der Waals surface area contributed by atoms with Crippen molar-refractivity contribution < 1.29 is 9.63 Å². The van der Waals surface area contributed by atoms with Crippen LogP contribution < -0.4 is 11.2 Å². The van der Waals surface area contributed by atoms with Gasteiger partial charge in [-0.2, -0.15) is 5.48 Å². The lowest BCUT2D eigenvalue weighted by Crippen LogP contribution is -2.14. The van der Waals surface area contributed by atoms with Gasteiger partial charge in [-0.15, -0.1) is 0 Å². The number of hydroxylamine groups is 1. The van der Waals surface area contributed by atoms with Crippen molar-refractivity contribution in [3.63, 3.8) is 0 Å². The minimum atomic E-state index is -0.204. The number of nitrogens with one attached hydrogen (secondary N) is 1. The molecule has 0 bridgehead atoms. The Morgan fingerprint density at radius 2 is 2.18 bits per heavy atom. The van der Waals surface area contributed by atoms with Crippen LogP contribution in [-0.2, 0) is 9.63 Å². The molecule has 0 saturated carbocycles. The molecule has 11 heavy (non-hydrogen) atoms. The molecule has 0 amide bonds. The number of nitrogens with two attached hydrogens (primary N) is 1. The second-order valence-corrected chi connectivity index (χ2v) is 2.28. The molecule has 0 aromatic carbocycles. The molecule has 0 fully saturated rings. The summed E-state index contributed by atoms with van der Waals surface area (Å²) in [6.07, 6.45) is 3.31. The molecular weight excluding hydrogens is 144 g/mol. The van der Waals surface area contributed by atoms with Gasteiger partial charge in [-0.25, -0.2) is 0 Å². The highest BCUT2D eigenvalue weighted by molar-refractivity contribution is 5.68. The summed E-state index contributed by atoms with van der Waals surface area (Å²) in [4.78, 5) is 15.2. The molecule has 0 aromatic heterocycles. The zero-order valence-electron chi connectivity index (χ0n) is 6.93. The maximum Gasteiger partial charge on any atom is 0.324 e. The molecule has 4 nitrogen and oxygen atoms in total. The standard InChI is InChI=1S/C7H16N2O2/c1-9-11-7(10)5-3-2-4-6-8/h9H,2-6,8H2,1H3. The van der Waals surface area contributed by atoms with E-state index in [2.05, 4.69) is 10.3 Å². The van der Waals surface area contributed by atoms with Gasteiger partial charge < -0.3 is 10.6 Å². The fourth-order valence-electron chi connectivity index (χ4n) is 0.755. The van der Waals surface area contributed by atoms with Crippen molar-refractivity contribution in [3.05, 3.63) is 0 Å². The number of unbranched alkanes of at least 4 members (excludes halogenated alkanes) is 2. The second kappa shape index (κ2) is 7.50. The van der Waals surface area contributed by atoms with Crippen LogP contribution in [0.3, 0.4) is 0 Å². The van der Waals surface area contributed by atoms with Crippen molar-refractivity contribution in [2.45, 2.75) is 25.7 Å². The van der Waals surface area contributed by atoms with Gasteiger partial charge in [-0.1, -0.05) is 6.42 Å². The first-order valence-electron chi connectivity index (χ1n) is 3.87. The third-order valence-electron chi connectivity index (χ3n) is 1.30. The third-order valence-corrected chi connectivity index (χ3v) is 1.30. The third kappa shape index (κ3) is 7.29. The summed E-state index contributed by atoms with van der Waals surface area (Å²) in [5.74, 6) is -0.204. The van der Waals surface area contributed by atoms with Crippen molar-refractivity contribution in [2.24, 2.45) is 5.73 Å². The molecule has 0 aliphatic rings. The molecule has 0 spiro atoms. The molecular formula is C7H16N2O2. The molecule has 0 aromatic rings. The van der Waals surface area contributed by atoms with E-state index < -0.39 is 0 Å². The topological polar surface area (TPSA) is 64.3 Å². The van der Waals surface area contributed by atoms with Crippen LogP contribution in [0.5, 0.6) is 0 Å². The Hall–Kier alpha value is -0.610. The number of carbonyl (C=O) groups is 1. The van der Waals surface area contributed by atoms with E-state index in [4.69, 9.17) is 5.73 Å². The van der Waals surface area contributed by atoms with Gasteiger partial charge in [0.25, 0.3) is 0 Å². The average Bonchev–Trinajstić information content (AvgIpc) is 1.99. The Labute approximate surface area is 67.0 Å². The minimum Gasteiger partial charge on any atom is -0.371 e. The highest BCUT2D eigenvalue weighted by Crippen LogP contribution is 1.98. The summed E-state index contributed by atoms with van der Waals surface area (Å²) in [5.41, 5.74) is 7.61. The zero-order chi connectivity index (χ0) is 8.53. The normalized spacial score (nSPS) is 9.64. The molecule has 3 N–H and O–H groups in total.